The second-order valence-corrected chi connectivity index (χ2v) is 13.3. The SMILES string of the molecule is COc1c(Nc2cc(C)[nH]n2)nc(Sc2ccc(S(=O)(=O)Cc3cccc(C(=O)N(C)C)c3F)cc2F)nc1N1CCOCC1. The van der Waals surface area contributed by atoms with Crippen molar-refractivity contribution in [3.63, 3.8) is 0 Å². The van der Waals surface area contributed by atoms with Crippen molar-refractivity contribution in [2.75, 3.05) is 57.7 Å². The van der Waals surface area contributed by atoms with Crippen LogP contribution in [-0.2, 0) is 20.3 Å². The number of aromatic amines is 1. The quantitative estimate of drug-likeness (QED) is 0.237. The van der Waals surface area contributed by atoms with Gasteiger partial charge in [0.05, 0.1) is 41.4 Å². The second kappa shape index (κ2) is 13.4. The lowest BCUT2D eigenvalue weighted by molar-refractivity contribution is 0.0822. The van der Waals surface area contributed by atoms with Crippen molar-refractivity contribution in [1.29, 1.82) is 0 Å². The molecule has 3 heterocycles. The number of carbonyl (C=O) groups is 1. The van der Waals surface area contributed by atoms with Gasteiger partial charge in [0.15, 0.2) is 32.4 Å². The highest BCUT2D eigenvalue weighted by atomic mass is 32.2. The van der Waals surface area contributed by atoms with Gasteiger partial charge in [-0.3, -0.25) is 9.89 Å². The summed E-state index contributed by atoms with van der Waals surface area (Å²) in [6.45, 7) is 3.92. The van der Waals surface area contributed by atoms with Crippen LogP contribution in [0.4, 0.5) is 26.2 Å². The summed E-state index contributed by atoms with van der Waals surface area (Å²) in [6.07, 6.45) is 0. The van der Waals surface area contributed by atoms with E-state index in [0.717, 1.165) is 23.5 Å². The Bertz CT molecular complexity index is 1830. The molecule has 1 aliphatic rings. The van der Waals surface area contributed by atoms with Crippen LogP contribution in [0.1, 0.15) is 21.6 Å². The van der Waals surface area contributed by atoms with Gasteiger partial charge in [0.25, 0.3) is 5.91 Å². The van der Waals surface area contributed by atoms with Crippen molar-refractivity contribution in [2.45, 2.75) is 27.6 Å². The minimum atomic E-state index is -4.18. The number of amides is 1. The van der Waals surface area contributed by atoms with Crippen molar-refractivity contribution in [2.24, 2.45) is 0 Å². The second-order valence-electron chi connectivity index (χ2n) is 10.3. The molecule has 0 radical (unpaired) electrons. The molecule has 12 nitrogen and oxygen atoms in total. The first-order chi connectivity index (χ1) is 21.5. The lowest BCUT2D eigenvalue weighted by Crippen LogP contribution is -2.37. The number of morpholine rings is 1. The number of methoxy groups -OCH3 is 1. The highest BCUT2D eigenvalue weighted by Gasteiger charge is 2.26. The summed E-state index contributed by atoms with van der Waals surface area (Å²) >= 11 is 0.899. The lowest BCUT2D eigenvalue weighted by atomic mass is 10.1. The zero-order chi connectivity index (χ0) is 32.3. The minimum Gasteiger partial charge on any atom is -0.490 e. The molecule has 2 aromatic carbocycles. The van der Waals surface area contributed by atoms with E-state index in [9.17, 15) is 13.2 Å². The number of H-pyrrole nitrogens is 1. The molecule has 1 saturated heterocycles. The standard InChI is InChI=1S/C29H31F2N7O5S2/c1-17-14-23(36-35-17)32-26-25(42-4)27(38-10-12-43-13-11-38)34-29(33-26)44-22-9-8-19(15-21(22)30)45(40,41)16-18-6-5-7-20(24(18)31)28(39)37(2)3/h5-9,14-15H,10-13,16H2,1-4H3,(H2,32,33,34,35,36). The van der Waals surface area contributed by atoms with Gasteiger partial charge >= 0.3 is 0 Å². The molecule has 1 fully saturated rings. The third-order valence-electron chi connectivity index (χ3n) is 6.82. The van der Waals surface area contributed by atoms with Crippen LogP contribution in [0, 0.1) is 18.6 Å². The Morgan fingerprint density at radius 1 is 1.16 bits per heavy atom. The molecule has 0 atom stereocenters. The van der Waals surface area contributed by atoms with E-state index in [0.29, 0.717) is 49.5 Å². The van der Waals surface area contributed by atoms with Gasteiger partial charge in [-0.05, 0) is 43.0 Å². The third-order valence-corrected chi connectivity index (χ3v) is 9.40. The van der Waals surface area contributed by atoms with Gasteiger partial charge in [-0.15, -0.1) is 0 Å². The fourth-order valence-corrected chi connectivity index (χ4v) is 6.69. The molecular formula is C29H31F2N7O5S2. The molecule has 45 heavy (non-hydrogen) atoms. The number of nitrogens with one attached hydrogen (secondary N) is 2. The van der Waals surface area contributed by atoms with Crippen LogP contribution in [0.15, 0.2) is 57.4 Å². The highest BCUT2D eigenvalue weighted by molar-refractivity contribution is 7.99. The number of hydrogen-bond donors (Lipinski definition) is 2. The Morgan fingerprint density at radius 3 is 2.56 bits per heavy atom. The van der Waals surface area contributed by atoms with Crippen molar-refractivity contribution in [3.8, 4) is 5.75 Å². The summed E-state index contributed by atoms with van der Waals surface area (Å²) in [4.78, 5) is 24.4. The van der Waals surface area contributed by atoms with E-state index in [-0.39, 0.29) is 26.1 Å². The maximum atomic E-state index is 15.4. The maximum absolute atomic E-state index is 15.4. The van der Waals surface area contributed by atoms with E-state index in [1.807, 2.05) is 11.8 Å². The first-order valence-corrected chi connectivity index (χ1v) is 16.2. The van der Waals surface area contributed by atoms with Gasteiger partial charge in [0, 0.05) is 44.5 Å². The molecule has 1 aliphatic heterocycles. The van der Waals surface area contributed by atoms with E-state index >= 15 is 8.78 Å². The fourth-order valence-electron chi connectivity index (χ4n) is 4.57. The van der Waals surface area contributed by atoms with Crippen molar-refractivity contribution >= 4 is 45.0 Å². The zero-order valence-electron chi connectivity index (χ0n) is 24.9. The molecule has 0 bridgehead atoms. The number of nitrogens with zero attached hydrogens (tertiary/aromatic N) is 5. The molecule has 0 aliphatic carbocycles. The van der Waals surface area contributed by atoms with E-state index in [4.69, 9.17) is 9.47 Å². The topological polar surface area (TPSA) is 143 Å². The smallest absolute Gasteiger partial charge is 0.256 e. The molecule has 0 spiro atoms. The number of aryl methyl sites for hydroxylation is 1. The summed E-state index contributed by atoms with van der Waals surface area (Å²) < 4.78 is 68.1. The molecule has 2 N–H and O–H groups in total. The van der Waals surface area contributed by atoms with Crippen LogP contribution in [0.2, 0.25) is 0 Å². The average Bonchev–Trinajstić information content (AvgIpc) is 3.43. The molecule has 4 aromatic rings. The Hall–Kier alpha value is -4.28. The minimum absolute atomic E-state index is 0.0679. The summed E-state index contributed by atoms with van der Waals surface area (Å²) in [5.41, 5.74) is 0.372. The number of anilines is 3. The lowest BCUT2D eigenvalue weighted by Gasteiger charge is -2.29. The number of carbonyl (C=O) groups excluding carboxylic acids is 1. The van der Waals surface area contributed by atoms with Crippen molar-refractivity contribution in [1.82, 2.24) is 25.1 Å². The van der Waals surface area contributed by atoms with Gasteiger partial charge in [0.2, 0.25) is 5.75 Å². The number of benzene rings is 2. The number of aromatic nitrogens is 4. The van der Waals surface area contributed by atoms with E-state index in [2.05, 4.69) is 25.5 Å². The van der Waals surface area contributed by atoms with Crippen LogP contribution in [0.3, 0.4) is 0 Å². The Kier molecular flexibility index (Phi) is 9.55. The van der Waals surface area contributed by atoms with E-state index in [1.54, 1.807) is 6.07 Å². The number of halogens is 2. The van der Waals surface area contributed by atoms with Crippen LogP contribution >= 0.6 is 11.8 Å². The number of sulfone groups is 1. The molecule has 5 rings (SSSR count). The van der Waals surface area contributed by atoms with Crippen LogP contribution < -0.4 is 15.0 Å². The Labute approximate surface area is 263 Å². The molecule has 16 heteroatoms. The summed E-state index contributed by atoms with van der Waals surface area (Å²) in [7, 11) is 0.244. The summed E-state index contributed by atoms with van der Waals surface area (Å²) in [5.74, 6) is -1.49. The monoisotopic (exact) mass is 659 g/mol. The van der Waals surface area contributed by atoms with Crippen LogP contribution in [0.5, 0.6) is 5.75 Å². The Balaban J connectivity index is 1.44. The molecule has 1 amide bonds. The first kappa shape index (κ1) is 32.1. The van der Waals surface area contributed by atoms with E-state index < -0.39 is 33.1 Å². The molecule has 238 valence electrons. The van der Waals surface area contributed by atoms with Gasteiger partial charge in [-0.2, -0.15) is 5.10 Å². The Morgan fingerprint density at radius 2 is 1.91 bits per heavy atom. The number of rotatable bonds is 10. The number of hydrogen-bond acceptors (Lipinski definition) is 11. The average molecular weight is 660 g/mol. The van der Waals surface area contributed by atoms with Crippen LogP contribution in [-0.4, -0.2) is 86.9 Å². The largest absolute Gasteiger partial charge is 0.490 e. The highest BCUT2D eigenvalue weighted by Crippen LogP contribution is 2.39. The normalized spacial score (nSPS) is 13.5. The molecule has 0 saturated carbocycles. The first-order valence-electron chi connectivity index (χ1n) is 13.7. The van der Waals surface area contributed by atoms with Gasteiger partial charge in [0.1, 0.15) is 11.6 Å². The zero-order valence-corrected chi connectivity index (χ0v) is 26.6. The fraction of sp³-hybridized carbons (Fsp3) is 0.310. The maximum Gasteiger partial charge on any atom is 0.256 e. The van der Waals surface area contributed by atoms with Crippen LogP contribution in [0.25, 0.3) is 0 Å². The van der Waals surface area contributed by atoms with Crippen molar-refractivity contribution < 1.29 is 31.5 Å². The predicted molar refractivity (Wildman–Crippen MR) is 164 cm³/mol. The summed E-state index contributed by atoms with van der Waals surface area (Å²) in [5, 5.41) is 10.3. The van der Waals surface area contributed by atoms with E-state index in [1.165, 1.54) is 56.4 Å². The third kappa shape index (κ3) is 7.18. The van der Waals surface area contributed by atoms with Gasteiger partial charge in [-0.1, -0.05) is 12.1 Å². The predicted octanol–water partition coefficient (Wildman–Crippen LogP) is 4.20. The van der Waals surface area contributed by atoms with Gasteiger partial charge < -0.3 is 24.6 Å². The molecule has 0 unspecified atom stereocenters. The van der Waals surface area contributed by atoms with Crippen molar-refractivity contribution in [3.05, 3.63) is 70.9 Å². The molecular weight excluding hydrogens is 628 g/mol. The molecule has 2 aromatic heterocycles. The number of ether oxygens (including phenoxy) is 2. The summed E-state index contributed by atoms with van der Waals surface area (Å²) in [6, 6.07) is 9.17. The van der Waals surface area contributed by atoms with Gasteiger partial charge in [-0.25, -0.2) is 27.2 Å².